The van der Waals surface area contributed by atoms with E-state index in [0.29, 0.717) is 18.8 Å². The molecule has 0 radical (unpaired) electrons. The van der Waals surface area contributed by atoms with Crippen LogP contribution in [0.5, 0.6) is 0 Å². The summed E-state index contributed by atoms with van der Waals surface area (Å²) in [5.41, 5.74) is 1.07. The lowest BCUT2D eigenvalue weighted by Crippen LogP contribution is -2.27. The van der Waals surface area contributed by atoms with Crippen molar-refractivity contribution in [1.29, 1.82) is 0 Å². The first kappa shape index (κ1) is 12.7. The van der Waals surface area contributed by atoms with Crippen LogP contribution < -0.4 is 0 Å². The molecule has 0 saturated carbocycles. The Morgan fingerprint density at radius 3 is 3.16 bits per heavy atom. The number of imidazole rings is 1. The molecule has 0 aliphatic carbocycles. The Morgan fingerprint density at radius 1 is 1.53 bits per heavy atom. The molecule has 1 aromatic heterocycles. The number of ether oxygens (including phenoxy) is 1. The van der Waals surface area contributed by atoms with E-state index in [1.807, 2.05) is 6.20 Å². The minimum Gasteiger partial charge on any atom is -0.481 e. The van der Waals surface area contributed by atoms with E-state index < -0.39 is 5.97 Å². The van der Waals surface area contributed by atoms with Crippen molar-refractivity contribution >= 4 is 5.97 Å². The van der Waals surface area contributed by atoms with Gasteiger partial charge in [-0.1, -0.05) is 0 Å². The highest BCUT2D eigenvalue weighted by Crippen LogP contribution is 2.25. The highest BCUT2D eigenvalue weighted by atomic mass is 16.5. The van der Waals surface area contributed by atoms with Gasteiger partial charge in [0.05, 0.1) is 5.92 Å². The van der Waals surface area contributed by atoms with Crippen molar-refractivity contribution in [3.05, 3.63) is 17.7 Å². The van der Waals surface area contributed by atoms with Gasteiger partial charge in [-0.05, 0) is 25.2 Å². The quantitative estimate of drug-likeness (QED) is 0.898. The van der Waals surface area contributed by atoms with Gasteiger partial charge in [0.2, 0.25) is 0 Å². The van der Waals surface area contributed by atoms with E-state index in [-0.39, 0.29) is 5.92 Å². The average molecular weight is 264 g/mol. The largest absolute Gasteiger partial charge is 0.481 e. The van der Waals surface area contributed by atoms with Crippen molar-refractivity contribution in [3.63, 3.8) is 0 Å². The maximum absolute atomic E-state index is 11.0. The Kier molecular flexibility index (Phi) is 3.55. The molecule has 2 unspecified atom stereocenters. The molecule has 0 bridgehead atoms. The summed E-state index contributed by atoms with van der Waals surface area (Å²) in [6.45, 7) is 2.51. The standard InChI is InChI=1S/C14H20N2O3/c17-14(18)11-3-4-16-12(7-11)8-15-13(16)6-10-2-1-5-19-9-10/h8,10-11H,1-7,9H2,(H,17,18). The van der Waals surface area contributed by atoms with Crippen LogP contribution in [-0.2, 0) is 28.9 Å². The van der Waals surface area contributed by atoms with Gasteiger partial charge in [0.25, 0.3) is 0 Å². The third-order valence-electron chi connectivity index (χ3n) is 4.25. The average Bonchev–Trinajstić information content (AvgIpc) is 2.82. The lowest BCUT2D eigenvalue weighted by Gasteiger charge is -2.25. The highest BCUT2D eigenvalue weighted by Gasteiger charge is 2.27. The lowest BCUT2D eigenvalue weighted by atomic mass is 9.95. The summed E-state index contributed by atoms with van der Waals surface area (Å²) in [4.78, 5) is 15.5. The van der Waals surface area contributed by atoms with Crippen LogP contribution in [0.15, 0.2) is 6.20 Å². The zero-order valence-electron chi connectivity index (χ0n) is 11.0. The second-order valence-corrected chi connectivity index (χ2v) is 5.63. The molecule has 5 heteroatoms. The fourth-order valence-electron chi connectivity index (χ4n) is 3.13. The van der Waals surface area contributed by atoms with Crippen LogP contribution in [0.4, 0.5) is 0 Å². The normalized spacial score (nSPS) is 26.9. The molecule has 0 spiro atoms. The summed E-state index contributed by atoms with van der Waals surface area (Å²) in [6.07, 6.45) is 6.49. The smallest absolute Gasteiger partial charge is 0.306 e. The maximum Gasteiger partial charge on any atom is 0.306 e. The number of fused-ring (bicyclic) bond motifs is 1. The first-order chi connectivity index (χ1) is 9.24. The topological polar surface area (TPSA) is 64.3 Å². The van der Waals surface area contributed by atoms with Crippen LogP contribution in [0, 0.1) is 11.8 Å². The van der Waals surface area contributed by atoms with Crippen LogP contribution in [0.1, 0.15) is 30.8 Å². The van der Waals surface area contributed by atoms with E-state index >= 15 is 0 Å². The van der Waals surface area contributed by atoms with Gasteiger partial charge in [0, 0.05) is 44.5 Å². The van der Waals surface area contributed by atoms with E-state index in [9.17, 15) is 4.79 Å². The van der Waals surface area contributed by atoms with Gasteiger partial charge in [-0.2, -0.15) is 0 Å². The Balaban J connectivity index is 1.70. The Hall–Kier alpha value is -1.36. The Bertz CT molecular complexity index is 463. The number of nitrogens with zero attached hydrogens (tertiary/aromatic N) is 2. The van der Waals surface area contributed by atoms with Crippen molar-refractivity contribution in [1.82, 2.24) is 9.55 Å². The number of aliphatic carboxylic acids is 1. The number of carboxylic acid groups (broad SMARTS) is 1. The Morgan fingerprint density at radius 2 is 2.42 bits per heavy atom. The van der Waals surface area contributed by atoms with E-state index in [0.717, 1.165) is 44.1 Å². The second-order valence-electron chi connectivity index (χ2n) is 5.63. The van der Waals surface area contributed by atoms with Crippen LogP contribution in [0.3, 0.4) is 0 Å². The molecule has 19 heavy (non-hydrogen) atoms. The van der Waals surface area contributed by atoms with Crippen LogP contribution in [0.2, 0.25) is 0 Å². The fraction of sp³-hybridized carbons (Fsp3) is 0.714. The molecule has 3 rings (SSSR count). The predicted molar refractivity (Wildman–Crippen MR) is 68.9 cm³/mol. The third-order valence-corrected chi connectivity index (χ3v) is 4.25. The minimum atomic E-state index is -0.685. The molecular formula is C14H20N2O3. The number of carboxylic acids is 1. The molecule has 1 aromatic rings. The van der Waals surface area contributed by atoms with Crippen molar-refractivity contribution in [2.45, 2.75) is 38.6 Å². The molecule has 1 N–H and O–H groups in total. The van der Waals surface area contributed by atoms with Crippen LogP contribution in [-0.4, -0.2) is 33.8 Å². The van der Waals surface area contributed by atoms with Crippen LogP contribution >= 0.6 is 0 Å². The molecular weight excluding hydrogens is 244 g/mol. The number of aromatic nitrogens is 2. The zero-order valence-corrected chi connectivity index (χ0v) is 11.0. The van der Waals surface area contributed by atoms with Crippen molar-refractivity contribution < 1.29 is 14.6 Å². The van der Waals surface area contributed by atoms with Crippen LogP contribution in [0.25, 0.3) is 0 Å². The fourth-order valence-corrected chi connectivity index (χ4v) is 3.13. The van der Waals surface area contributed by atoms with Crippen molar-refractivity contribution in [2.75, 3.05) is 13.2 Å². The molecule has 0 aromatic carbocycles. The maximum atomic E-state index is 11.0. The molecule has 104 valence electrons. The van der Waals surface area contributed by atoms with Gasteiger partial charge in [0.15, 0.2) is 0 Å². The monoisotopic (exact) mass is 264 g/mol. The molecule has 2 aliphatic rings. The van der Waals surface area contributed by atoms with Crippen molar-refractivity contribution in [2.24, 2.45) is 11.8 Å². The van der Waals surface area contributed by atoms with Gasteiger partial charge in [-0.3, -0.25) is 4.79 Å². The van der Waals surface area contributed by atoms with Gasteiger partial charge in [-0.15, -0.1) is 0 Å². The summed E-state index contributed by atoms with van der Waals surface area (Å²) >= 11 is 0. The summed E-state index contributed by atoms with van der Waals surface area (Å²) in [6, 6.07) is 0. The first-order valence-corrected chi connectivity index (χ1v) is 7.08. The van der Waals surface area contributed by atoms with E-state index in [4.69, 9.17) is 9.84 Å². The molecule has 0 amide bonds. The minimum absolute atomic E-state index is 0.241. The van der Waals surface area contributed by atoms with E-state index in [1.165, 1.54) is 6.42 Å². The molecule has 1 fully saturated rings. The Labute approximate surface area is 112 Å². The summed E-state index contributed by atoms with van der Waals surface area (Å²) in [5, 5.41) is 9.09. The summed E-state index contributed by atoms with van der Waals surface area (Å²) < 4.78 is 7.73. The molecule has 5 nitrogen and oxygen atoms in total. The summed E-state index contributed by atoms with van der Waals surface area (Å²) in [7, 11) is 0. The number of carbonyl (C=O) groups is 1. The summed E-state index contributed by atoms with van der Waals surface area (Å²) in [5.74, 6) is 0.747. The highest BCUT2D eigenvalue weighted by molar-refractivity contribution is 5.70. The van der Waals surface area contributed by atoms with Gasteiger partial charge in [0.1, 0.15) is 5.82 Å². The molecule has 3 heterocycles. The molecule has 2 aliphatic heterocycles. The number of rotatable bonds is 3. The molecule has 2 atom stereocenters. The SMILES string of the molecule is O=C(O)C1CCn2c(cnc2CC2CCCOC2)C1. The van der Waals surface area contributed by atoms with Gasteiger partial charge >= 0.3 is 5.97 Å². The first-order valence-electron chi connectivity index (χ1n) is 7.08. The third kappa shape index (κ3) is 2.66. The van der Waals surface area contributed by atoms with Gasteiger partial charge < -0.3 is 14.4 Å². The van der Waals surface area contributed by atoms with Crippen molar-refractivity contribution in [3.8, 4) is 0 Å². The lowest BCUT2D eigenvalue weighted by molar-refractivity contribution is -0.142. The predicted octanol–water partition coefficient (Wildman–Crippen LogP) is 1.50. The number of hydrogen-bond acceptors (Lipinski definition) is 3. The van der Waals surface area contributed by atoms with Gasteiger partial charge in [-0.25, -0.2) is 4.98 Å². The van der Waals surface area contributed by atoms with E-state index in [2.05, 4.69) is 9.55 Å². The number of hydrogen-bond donors (Lipinski definition) is 1. The second kappa shape index (κ2) is 5.33. The molecule has 1 saturated heterocycles. The zero-order chi connectivity index (χ0) is 13.2. The van der Waals surface area contributed by atoms with E-state index in [1.54, 1.807) is 0 Å².